The van der Waals surface area contributed by atoms with Gasteiger partial charge in [-0.2, -0.15) is 13.2 Å². The molecule has 0 radical (unpaired) electrons. The number of hydrogen-bond acceptors (Lipinski definition) is 2. The Balaban J connectivity index is 2.01. The van der Waals surface area contributed by atoms with Gasteiger partial charge in [0.15, 0.2) is 0 Å². The zero-order valence-electron chi connectivity index (χ0n) is 13.1. The predicted molar refractivity (Wildman–Crippen MR) is 80.9 cm³/mol. The summed E-state index contributed by atoms with van der Waals surface area (Å²) in [6, 6.07) is 5.05. The van der Waals surface area contributed by atoms with Gasteiger partial charge in [0.05, 0.1) is 17.7 Å². The quantitative estimate of drug-likeness (QED) is 0.886. The molecule has 0 bridgehead atoms. The van der Waals surface area contributed by atoms with E-state index >= 15 is 0 Å². The highest BCUT2D eigenvalue weighted by molar-refractivity contribution is 5.77. The van der Waals surface area contributed by atoms with E-state index < -0.39 is 23.8 Å². The third-order valence-corrected chi connectivity index (χ3v) is 4.36. The third-order valence-electron chi connectivity index (χ3n) is 4.36. The van der Waals surface area contributed by atoms with E-state index in [0.29, 0.717) is 12.8 Å². The molecule has 1 aliphatic rings. The molecule has 128 valence electrons. The summed E-state index contributed by atoms with van der Waals surface area (Å²) in [4.78, 5) is 12.1. The molecule has 23 heavy (non-hydrogen) atoms. The molecule has 0 aromatic heterocycles. The Morgan fingerprint density at radius 1 is 1.30 bits per heavy atom. The van der Waals surface area contributed by atoms with E-state index in [9.17, 15) is 23.1 Å². The van der Waals surface area contributed by atoms with Gasteiger partial charge in [-0.25, -0.2) is 0 Å². The number of aliphatic hydroxyl groups is 1. The van der Waals surface area contributed by atoms with E-state index in [4.69, 9.17) is 0 Å². The van der Waals surface area contributed by atoms with Gasteiger partial charge in [0.1, 0.15) is 0 Å². The molecule has 0 heterocycles. The van der Waals surface area contributed by atoms with Crippen LogP contribution in [0.1, 0.15) is 56.1 Å². The maximum absolute atomic E-state index is 13.0. The van der Waals surface area contributed by atoms with E-state index in [1.54, 1.807) is 13.0 Å². The molecule has 1 amide bonds. The predicted octanol–water partition coefficient (Wildman–Crippen LogP) is 3.62. The normalized spacial score (nSPS) is 23.3. The Kier molecular flexibility index (Phi) is 5.68. The fourth-order valence-corrected chi connectivity index (χ4v) is 3.12. The van der Waals surface area contributed by atoms with Crippen molar-refractivity contribution in [3.63, 3.8) is 0 Å². The van der Waals surface area contributed by atoms with Gasteiger partial charge in [-0.1, -0.05) is 38.0 Å². The van der Waals surface area contributed by atoms with Gasteiger partial charge < -0.3 is 10.4 Å². The number of carbonyl (C=O) groups is 1. The average Bonchev–Trinajstić information content (AvgIpc) is 2.48. The van der Waals surface area contributed by atoms with Crippen LogP contribution in [0.3, 0.4) is 0 Å². The fraction of sp³-hybridized carbons (Fsp3) is 0.588. The molecule has 1 fully saturated rings. The fourth-order valence-electron chi connectivity index (χ4n) is 3.12. The van der Waals surface area contributed by atoms with Crippen molar-refractivity contribution in [3.05, 3.63) is 35.4 Å². The van der Waals surface area contributed by atoms with E-state index in [1.807, 2.05) is 0 Å². The van der Waals surface area contributed by atoms with E-state index in [0.717, 1.165) is 18.9 Å². The SMILES string of the molecule is CC(CC(=O)NC1CCCCC1O)c1ccccc1C(F)(F)F. The van der Waals surface area contributed by atoms with Crippen LogP contribution in [0.4, 0.5) is 13.2 Å². The lowest BCUT2D eigenvalue weighted by molar-refractivity contribution is -0.138. The second kappa shape index (κ2) is 7.34. The van der Waals surface area contributed by atoms with E-state index in [2.05, 4.69) is 5.32 Å². The van der Waals surface area contributed by atoms with Crippen molar-refractivity contribution in [2.75, 3.05) is 0 Å². The molecule has 0 spiro atoms. The van der Waals surface area contributed by atoms with Gasteiger partial charge in [0, 0.05) is 6.42 Å². The Morgan fingerprint density at radius 3 is 2.61 bits per heavy atom. The van der Waals surface area contributed by atoms with Crippen LogP contribution in [0.5, 0.6) is 0 Å². The first kappa shape index (κ1) is 17.8. The van der Waals surface area contributed by atoms with Crippen molar-refractivity contribution in [1.29, 1.82) is 0 Å². The number of aliphatic hydroxyl groups excluding tert-OH is 1. The van der Waals surface area contributed by atoms with Crippen molar-refractivity contribution in [2.24, 2.45) is 0 Å². The average molecular weight is 329 g/mol. The summed E-state index contributed by atoms with van der Waals surface area (Å²) in [5.74, 6) is -0.867. The number of carbonyl (C=O) groups excluding carboxylic acids is 1. The highest BCUT2D eigenvalue weighted by Crippen LogP contribution is 2.36. The molecule has 1 aromatic rings. The van der Waals surface area contributed by atoms with Crippen LogP contribution in [-0.4, -0.2) is 23.2 Å². The number of amides is 1. The smallest absolute Gasteiger partial charge is 0.391 e. The van der Waals surface area contributed by atoms with Crippen LogP contribution < -0.4 is 5.32 Å². The lowest BCUT2D eigenvalue weighted by atomic mass is 9.90. The van der Waals surface area contributed by atoms with Crippen molar-refractivity contribution in [1.82, 2.24) is 5.32 Å². The summed E-state index contributed by atoms with van der Waals surface area (Å²) >= 11 is 0. The molecule has 3 unspecified atom stereocenters. The lowest BCUT2D eigenvalue weighted by Gasteiger charge is -2.29. The second-order valence-corrected chi connectivity index (χ2v) is 6.22. The van der Waals surface area contributed by atoms with Crippen LogP contribution in [0.2, 0.25) is 0 Å². The zero-order chi connectivity index (χ0) is 17.0. The summed E-state index contributed by atoms with van der Waals surface area (Å²) in [7, 11) is 0. The van der Waals surface area contributed by atoms with Gasteiger partial charge in [0.25, 0.3) is 0 Å². The van der Waals surface area contributed by atoms with Crippen LogP contribution in [-0.2, 0) is 11.0 Å². The first-order valence-corrected chi connectivity index (χ1v) is 7.92. The number of hydrogen-bond donors (Lipinski definition) is 2. The third kappa shape index (κ3) is 4.70. The van der Waals surface area contributed by atoms with Gasteiger partial charge in [0.2, 0.25) is 5.91 Å². The van der Waals surface area contributed by atoms with Gasteiger partial charge in [-0.15, -0.1) is 0 Å². The first-order chi connectivity index (χ1) is 10.8. The van der Waals surface area contributed by atoms with Crippen LogP contribution >= 0.6 is 0 Å². The Morgan fingerprint density at radius 2 is 1.96 bits per heavy atom. The monoisotopic (exact) mass is 329 g/mol. The highest BCUT2D eigenvalue weighted by atomic mass is 19.4. The number of halogens is 3. The second-order valence-electron chi connectivity index (χ2n) is 6.22. The first-order valence-electron chi connectivity index (χ1n) is 7.92. The Hall–Kier alpha value is -1.56. The minimum absolute atomic E-state index is 0.0314. The maximum Gasteiger partial charge on any atom is 0.416 e. The molecule has 3 atom stereocenters. The van der Waals surface area contributed by atoms with Gasteiger partial charge in [-0.05, 0) is 30.4 Å². The van der Waals surface area contributed by atoms with Crippen LogP contribution in [0.15, 0.2) is 24.3 Å². The largest absolute Gasteiger partial charge is 0.416 e. The highest BCUT2D eigenvalue weighted by Gasteiger charge is 2.34. The molecule has 1 saturated carbocycles. The molecule has 3 nitrogen and oxygen atoms in total. The van der Waals surface area contributed by atoms with Crippen molar-refractivity contribution < 1.29 is 23.1 Å². The zero-order valence-corrected chi connectivity index (χ0v) is 13.1. The molecule has 1 aliphatic carbocycles. The molecular weight excluding hydrogens is 307 g/mol. The molecule has 0 saturated heterocycles. The standard InChI is InChI=1S/C17H22F3NO2/c1-11(12-6-2-3-7-13(12)17(18,19)20)10-16(23)21-14-8-4-5-9-15(14)22/h2-3,6-7,11,14-15,22H,4-5,8-10H2,1H3,(H,21,23). The Bertz CT molecular complexity index is 545. The molecule has 6 heteroatoms. The topological polar surface area (TPSA) is 49.3 Å². The minimum atomic E-state index is -4.43. The summed E-state index contributed by atoms with van der Waals surface area (Å²) in [6.45, 7) is 1.61. The van der Waals surface area contributed by atoms with Crippen molar-refractivity contribution >= 4 is 5.91 Å². The number of nitrogens with one attached hydrogen (secondary N) is 1. The van der Waals surface area contributed by atoms with Crippen molar-refractivity contribution in [3.8, 4) is 0 Å². The minimum Gasteiger partial charge on any atom is -0.391 e. The molecular formula is C17H22F3NO2. The van der Waals surface area contributed by atoms with Gasteiger partial charge >= 0.3 is 6.18 Å². The molecule has 1 aromatic carbocycles. The summed E-state index contributed by atoms with van der Waals surface area (Å²) < 4.78 is 39.1. The van der Waals surface area contributed by atoms with E-state index in [-0.39, 0.29) is 23.9 Å². The molecule has 2 rings (SSSR count). The number of benzene rings is 1. The number of rotatable bonds is 4. The molecule has 2 N–H and O–H groups in total. The van der Waals surface area contributed by atoms with Crippen LogP contribution in [0.25, 0.3) is 0 Å². The number of alkyl halides is 3. The summed E-state index contributed by atoms with van der Waals surface area (Å²) in [6.07, 6.45) is -1.79. The van der Waals surface area contributed by atoms with Crippen LogP contribution in [0, 0.1) is 0 Å². The van der Waals surface area contributed by atoms with Gasteiger partial charge in [-0.3, -0.25) is 4.79 Å². The maximum atomic E-state index is 13.0. The summed E-state index contributed by atoms with van der Waals surface area (Å²) in [5, 5.41) is 12.6. The summed E-state index contributed by atoms with van der Waals surface area (Å²) in [5.41, 5.74) is -0.572. The van der Waals surface area contributed by atoms with Crippen molar-refractivity contribution in [2.45, 2.75) is 63.3 Å². The Labute approximate surface area is 133 Å². The molecule has 0 aliphatic heterocycles. The lowest BCUT2D eigenvalue weighted by Crippen LogP contribution is -2.45. The van der Waals surface area contributed by atoms with E-state index in [1.165, 1.54) is 12.1 Å².